The molecule has 0 aliphatic carbocycles. The van der Waals surface area contributed by atoms with Crippen LogP contribution in [0.25, 0.3) is 0 Å². The van der Waals surface area contributed by atoms with Crippen molar-refractivity contribution in [2.24, 2.45) is 5.92 Å². The van der Waals surface area contributed by atoms with Crippen LogP contribution in [-0.4, -0.2) is 35.8 Å². The van der Waals surface area contributed by atoms with Gasteiger partial charge in [0.1, 0.15) is 6.04 Å². The van der Waals surface area contributed by atoms with Crippen molar-refractivity contribution in [3.05, 3.63) is 70.2 Å². The van der Waals surface area contributed by atoms with E-state index in [0.717, 1.165) is 29.0 Å². The predicted molar refractivity (Wildman–Crippen MR) is 122 cm³/mol. The molecule has 0 radical (unpaired) electrons. The van der Waals surface area contributed by atoms with Gasteiger partial charge in [-0.05, 0) is 60.4 Å². The van der Waals surface area contributed by atoms with Crippen LogP contribution in [0.4, 0.5) is 0 Å². The molecule has 160 valence electrons. The van der Waals surface area contributed by atoms with Gasteiger partial charge < -0.3 is 10.2 Å². The summed E-state index contributed by atoms with van der Waals surface area (Å²) < 4.78 is 0. The molecule has 3 rings (SSSR count). The third-order valence-corrected chi connectivity index (χ3v) is 6.26. The Morgan fingerprint density at radius 3 is 2.30 bits per heavy atom. The molecule has 0 spiro atoms. The normalized spacial score (nSPS) is 15.8. The van der Waals surface area contributed by atoms with E-state index in [2.05, 4.69) is 17.4 Å². The van der Waals surface area contributed by atoms with Gasteiger partial charge in [-0.1, -0.05) is 61.8 Å². The highest BCUT2D eigenvalue weighted by Gasteiger charge is 2.31. The molecule has 2 amide bonds. The van der Waals surface area contributed by atoms with E-state index in [1.54, 1.807) is 0 Å². The summed E-state index contributed by atoms with van der Waals surface area (Å²) in [6, 6.07) is 15.4. The van der Waals surface area contributed by atoms with E-state index in [1.807, 2.05) is 62.1 Å². The first-order valence-electron chi connectivity index (χ1n) is 10.7. The van der Waals surface area contributed by atoms with Crippen molar-refractivity contribution in [1.29, 1.82) is 0 Å². The summed E-state index contributed by atoms with van der Waals surface area (Å²) in [5.41, 5.74) is 3.36. The number of carbonyl (C=O) groups is 2. The lowest BCUT2D eigenvalue weighted by Gasteiger charge is -2.35. The number of amides is 2. The van der Waals surface area contributed by atoms with Crippen LogP contribution in [-0.2, 0) is 16.0 Å². The number of hydrogen-bond donors (Lipinski definition) is 1. The smallest absolute Gasteiger partial charge is 0.245 e. The number of hydrogen-bond acceptors (Lipinski definition) is 2. The summed E-state index contributed by atoms with van der Waals surface area (Å²) in [7, 11) is 0. The van der Waals surface area contributed by atoms with Crippen LogP contribution in [0.2, 0.25) is 5.02 Å². The summed E-state index contributed by atoms with van der Waals surface area (Å²) in [5.74, 6) is 0.400. The van der Waals surface area contributed by atoms with Crippen LogP contribution in [0.1, 0.15) is 49.3 Å². The zero-order chi connectivity index (χ0) is 21.7. The molecule has 1 aliphatic rings. The average molecular weight is 427 g/mol. The van der Waals surface area contributed by atoms with Crippen molar-refractivity contribution in [3.8, 4) is 0 Å². The Balaban J connectivity index is 1.58. The number of piperidine rings is 1. The second kappa shape index (κ2) is 10.1. The standard InChI is InChI=1S/C25H31ClN2O2/c1-17(2)24(27-23(29)16-21-7-5-4-6-18(21)3)25(30)28-14-12-20(13-15-28)19-8-10-22(26)11-9-19/h4-11,17,20,24H,12-16H2,1-3H3,(H,27,29). The molecule has 1 unspecified atom stereocenters. The van der Waals surface area contributed by atoms with Crippen LogP contribution in [0.3, 0.4) is 0 Å². The summed E-state index contributed by atoms with van der Waals surface area (Å²) in [6.07, 6.45) is 2.15. The Morgan fingerprint density at radius 2 is 1.70 bits per heavy atom. The van der Waals surface area contributed by atoms with Crippen LogP contribution in [0, 0.1) is 12.8 Å². The van der Waals surface area contributed by atoms with Gasteiger partial charge in [0.25, 0.3) is 0 Å². The van der Waals surface area contributed by atoms with E-state index >= 15 is 0 Å². The molecule has 5 heteroatoms. The SMILES string of the molecule is Cc1ccccc1CC(=O)NC(C(=O)N1CCC(c2ccc(Cl)cc2)CC1)C(C)C. The van der Waals surface area contributed by atoms with Gasteiger partial charge in [0.15, 0.2) is 0 Å². The zero-order valence-electron chi connectivity index (χ0n) is 18.0. The quantitative estimate of drug-likeness (QED) is 0.725. The molecule has 30 heavy (non-hydrogen) atoms. The molecule has 1 saturated heterocycles. The maximum absolute atomic E-state index is 13.2. The van der Waals surface area contributed by atoms with Crippen molar-refractivity contribution in [3.63, 3.8) is 0 Å². The highest BCUT2D eigenvalue weighted by molar-refractivity contribution is 6.30. The molecule has 4 nitrogen and oxygen atoms in total. The molecule has 1 heterocycles. The molecule has 1 aliphatic heterocycles. The van der Waals surface area contributed by atoms with Crippen LogP contribution >= 0.6 is 11.6 Å². The number of benzene rings is 2. The molecular weight excluding hydrogens is 396 g/mol. The Labute approximate surface area is 184 Å². The lowest BCUT2D eigenvalue weighted by atomic mass is 9.89. The maximum atomic E-state index is 13.2. The molecule has 0 bridgehead atoms. The molecular formula is C25H31ClN2O2. The van der Waals surface area contributed by atoms with E-state index < -0.39 is 6.04 Å². The van der Waals surface area contributed by atoms with Gasteiger partial charge in [-0.25, -0.2) is 0 Å². The topological polar surface area (TPSA) is 49.4 Å². The Bertz CT molecular complexity index is 871. The third-order valence-electron chi connectivity index (χ3n) is 6.01. The monoisotopic (exact) mass is 426 g/mol. The second-order valence-corrected chi connectivity index (χ2v) is 8.98. The summed E-state index contributed by atoms with van der Waals surface area (Å²) in [5, 5.41) is 3.74. The second-order valence-electron chi connectivity index (χ2n) is 8.54. The third kappa shape index (κ3) is 5.63. The average Bonchev–Trinajstić information content (AvgIpc) is 2.74. The summed E-state index contributed by atoms with van der Waals surface area (Å²) in [6.45, 7) is 7.39. The number of rotatable bonds is 6. The van der Waals surface area contributed by atoms with E-state index in [4.69, 9.17) is 11.6 Å². The predicted octanol–water partition coefficient (Wildman–Crippen LogP) is 4.74. The van der Waals surface area contributed by atoms with Gasteiger partial charge >= 0.3 is 0 Å². The lowest BCUT2D eigenvalue weighted by molar-refractivity contribution is -0.138. The number of nitrogens with one attached hydrogen (secondary N) is 1. The van der Waals surface area contributed by atoms with Gasteiger partial charge in [-0.3, -0.25) is 9.59 Å². The summed E-state index contributed by atoms with van der Waals surface area (Å²) >= 11 is 5.99. The first kappa shape index (κ1) is 22.4. The molecule has 0 aromatic heterocycles. The Hall–Kier alpha value is -2.33. The summed E-state index contributed by atoms with van der Waals surface area (Å²) in [4.78, 5) is 27.7. The first-order valence-corrected chi connectivity index (χ1v) is 11.1. The van der Waals surface area contributed by atoms with E-state index in [1.165, 1.54) is 5.56 Å². The van der Waals surface area contributed by atoms with Crippen molar-refractivity contribution >= 4 is 23.4 Å². The zero-order valence-corrected chi connectivity index (χ0v) is 18.8. The van der Waals surface area contributed by atoms with Crippen molar-refractivity contribution in [2.45, 2.75) is 52.0 Å². The molecule has 1 fully saturated rings. The minimum absolute atomic E-state index is 0.0256. The fraction of sp³-hybridized carbons (Fsp3) is 0.440. The van der Waals surface area contributed by atoms with Crippen LogP contribution < -0.4 is 5.32 Å². The number of aryl methyl sites for hydroxylation is 1. The fourth-order valence-electron chi connectivity index (χ4n) is 4.08. The van der Waals surface area contributed by atoms with Gasteiger partial charge in [0, 0.05) is 18.1 Å². The van der Waals surface area contributed by atoms with Crippen molar-refractivity contribution in [1.82, 2.24) is 10.2 Å². The number of carbonyl (C=O) groups excluding carboxylic acids is 2. The van der Waals surface area contributed by atoms with Crippen LogP contribution in [0.5, 0.6) is 0 Å². The number of likely N-dealkylation sites (tertiary alicyclic amines) is 1. The first-order chi connectivity index (χ1) is 14.3. The lowest BCUT2D eigenvalue weighted by Crippen LogP contribution is -2.53. The van der Waals surface area contributed by atoms with E-state index in [-0.39, 0.29) is 17.7 Å². The largest absolute Gasteiger partial charge is 0.344 e. The molecule has 2 aromatic carbocycles. The van der Waals surface area contributed by atoms with Crippen molar-refractivity contribution < 1.29 is 9.59 Å². The molecule has 1 atom stereocenters. The van der Waals surface area contributed by atoms with E-state index in [9.17, 15) is 9.59 Å². The van der Waals surface area contributed by atoms with Crippen molar-refractivity contribution in [2.75, 3.05) is 13.1 Å². The van der Waals surface area contributed by atoms with Gasteiger partial charge in [-0.15, -0.1) is 0 Å². The molecule has 0 saturated carbocycles. The Kier molecular flexibility index (Phi) is 7.54. The van der Waals surface area contributed by atoms with E-state index in [0.29, 0.717) is 25.4 Å². The number of halogens is 1. The van der Waals surface area contributed by atoms with Gasteiger partial charge in [-0.2, -0.15) is 0 Å². The fourth-order valence-corrected chi connectivity index (χ4v) is 4.21. The minimum Gasteiger partial charge on any atom is -0.344 e. The highest BCUT2D eigenvalue weighted by atomic mass is 35.5. The minimum atomic E-state index is -0.492. The van der Waals surface area contributed by atoms with Crippen LogP contribution in [0.15, 0.2) is 48.5 Å². The van der Waals surface area contributed by atoms with Gasteiger partial charge in [0.05, 0.1) is 6.42 Å². The molecule has 2 aromatic rings. The Morgan fingerprint density at radius 1 is 1.07 bits per heavy atom. The number of nitrogens with zero attached hydrogens (tertiary/aromatic N) is 1. The van der Waals surface area contributed by atoms with Gasteiger partial charge in [0.2, 0.25) is 11.8 Å². The molecule has 1 N–H and O–H groups in total. The maximum Gasteiger partial charge on any atom is 0.245 e. The highest BCUT2D eigenvalue weighted by Crippen LogP contribution is 2.29.